The molecule has 1 saturated carbocycles. The molecule has 2 aliphatic heterocycles. The van der Waals surface area contributed by atoms with Gasteiger partial charge >= 0.3 is 5.97 Å². The molecule has 0 spiro atoms. The number of aryl methyl sites for hydroxylation is 1. The third-order valence-electron chi connectivity index (χ3n) is 8.27. The second-order valence-electron chi connectivity index (χ2n) is 10.8. The predicted octanol–water partition coefficient (Wildman–Crippen LogP) is 6.64. The molecule has 0 unspecified atom stereocenters. The van der Waals surface area contributed by atoms with Gasteiger partial charge in [-0.1, -0.05) is 57.4 Å². The first-order chi connectivity index (χ1) is 16.0. The summed E-state index contributed by atoms with van der Waals surface area (Å²) in [5.41, 5.74) is 9.21. The number of anilines is 1. The summed E-state index contributed by atoms with van der Waals surface area (Å²) in [4.78, 5) is 15.0. The monoisotopic (exact) mass is 442 g/mol. The number of nitrogens with zero attached hydrogens (tertiary/aromatic N) is 2. The molecular weight excluding hydrogens is 408 g/mol. The van der Waals surface area contributed by atoms with E-state index in [0.717, 1.165) is 26.1 Å². The van der Waals surface area contributed by atoms with Gasteiger partial charge in [0.05, 0.1) is 18.4 Å². The van der Waals surface area contributed by atoms with Gasteiger partial charge in [0.25, 0.3) is 0 Å². The topological polar surface area (TPSA) is 34.5 Å². The van der Waals surface area contributed by atoms with E-state index in [-0.39, 0.29) is 11.4 Å². The van der Waals surface area contributed by atoms with Crippen molar-refractivity contribution < 1.29 is 9.53 Å². The van der Waals surface area contributed by atoms with E-state index >= 15 is 0 Å². The molecule has 1 aliphatic carbocycles. The van der Waals surface area contributed by atoms with E-state index in [0.29, 0.717) is 11.5 Å². The number of aromatic nitrogens is 1. The van der Waals surface area contributed by atoms with Crippen LogP contribution in [0.25, 0.3) is 22.2 Å². The van der Waals surface area contributed by atoms with Gasteiger partial charge in [0.15, 0.2) is 0 Å². The number of para-hydroxylation sites is 1. The van der Waals surface area contributed by atoms with Crippen LogP contribution in [0, 0.1) is 0 Å². The van der Waals surface area contributed by atoms with Crippen LogP contribution in [0.4, 0.5) is 5.69 Å². The Morgan fingerprint density at radius 3 is 2.64 bits per heavy atom. The lowest BCUT2D eigenvalue weighted by molar-refractivity contribution is 0.0601. The number of rotatable bonds is 2. The largest absolute Gasteiger partial charge is 0.465 e. The average molecular weight is 443 g/mol. The molecule has 0 saturated heterocycles. The first-order valence-corrected chi connectivity index (χ1v) is 12.6. The summed E-state index contributed by atoms with van der Waals surface area (Å²) in [6.07, 6.45) is 7.59. The molecule has 1 fully saturated rings. The van der Waals surface area contributed by atoms with Crippen LogP contribution in [-0.2, 0) is 16.7 Å². The number of esters is 1. The Hall–Kier alpha value is -2.75. The zero-order chi connectivity index (χ0) is 22.7. The summed E-state index contributed by atoms with van der Waals surface area (Å²) in [5, 5.41) is 1.33. The highest BCUT2D eigenvalue weighted by atomic mass is 16.5. The lowest BCUT2D eigenvalue weighted by Crippen LogP contribution is -2.30. The first-order valence-electron chi connectivity index (χ1n) is 12.6. The second-order valence-corrected chi connectivity index (χ2v) is 10.8. The van der Waals surface area contributed by atoms with E-state index in [1.165, 1.54) is 78.2 Å². The maximum absolute atomic E-state index is 12.4. The summed E-state index contributed by atoms with van der Waals surface area (Å²) in [6.45, 7) is 7.90. The van der Waals surface area contributed by atoms with E-state index in [4.69, 9.17) is 4.74 Å². The highest BCUT2D eigenvalue weighted by Crippen LogP contribution is 2.51. The highest BCUT2D eigenvalue weighted by molar-refractivity contribution is 6.00. The van der Waals surface area contributed by atoms with Crippen LogP contribution in [0.5, 0.6) is 0 Å². The molecule has 2 aromatic carbocycles. The van der Waals surface area contributed by atoms with Crippen molar-refractivity contribution in [3.05, 3.63) is 53.1 Å². The van der Waals surface area contributed by atoms with Gasteiger partial charge in [0.2, 0.25) is 0 Å². The van der Waals surface area contributed by atoms with E-state index in [1.54, 1.807) is 0 Å². The van der Waals surface area contributed by atoms with Crippen LogP contribution in [0.3, 0.4) is 0 Å². The van der Waals surface area contributed by atoms with E-state index in [2.05, 4.69) is 53.6 Å². The molecule has 1 aromatic heterocycles. The summed E-state index contributed by atoms with van der Waals surface area (Å²) in [7, 11) is 1.46. The molecule has 4 nitrogen and oxygen atoms in total. The minimum Gasteiger partial charge on any atom is -0.465 e. The van der Waals surface area contributed by atoms with Gasteiger partial charge in [-0.15, -0.1) is 0 Å². The van der Waals surface area contributed by atoms with Crippen molar-refractivity contribution in [2.24, 2.45) is 0 Å². The number of ether oxygens (including phenoxy) is 1. The van der Waals surface area contributed by atoms with Gasteiger partial charge in [-0.2, -0.15) is 0 Å². The molecule has 0 amide bonds. The van der Waals surface area contributed by atoms with E-state index in [9.17, 15) is 4.79 Å². The van der Waals surface area contributed by atoms with Gasteiger partial charge in [-0.3, -0.25) is 0 Å². The summed E-state index contributed by atoms with van der Waals surface area (Å²) in [6, 6.07) is 13.2. The third-order valence-corrected chi connectivity index (χ3v) is 8.27. The summed E-state index contributed by atoms with van der Waals surface area (Å²) < 4.78 is 7.59. The Morgan fingerprint density at radius 1 is 1.03 bits per heavy atom. The van der Waals surface area contributed by atoms with Crippen molar-refractivity contribution in [3.8, 4) is 11.3 Å². The number of fused-ring (bicyclic) bond motifs is 4. The van der Waals surface area contributed by atoms with Crippen molar-refractivity contribution in [1.29, 1.82) is 0 Å². The number of carbonyl (C=O) groups excluding carboxylic acids is 1. The number of carbonyl (C=O) groups is 1. The molecule has 0 bridgehead atoms. The van der Waals surface area contributed by atoms with Crippen molar-refractivity contribution >= 4 is 22.6 Å². The smallest absolute Gasteiger partial charge is 0.337 e. The second kappa shape index (κ2) is 7.65. The summed E-state index contributed by atoms with van der Waals surface area (Å²) >= 11 is 0. The zero-order valence-electron chi connectivity index (χ0n) is 20.1. The van der Waals surface area contributed by atoms with Gasteiger partial charge in [0.1, 0.15) is 0 Å². The number of hydrogen-bond acceptors (Lipinski definition) is 3. The fourth-order valence-corrected chi connectivity index (χ4v) is 6.82. The van der Waals surface area contributed by atoms with Crippen LogP contribution in [0.2, 0.25) is 0 Å². The molecule has 172 valence electrons. The molecule has 4 heteroatoms. The van der Waals surface area contributed by atoms with Gasteiger partial charge in [-0.25, -0.2) is 4.79 Å². The molecular formula is C29H34N2O2. The van der Waals surface area contributed by atoms with Crippen molar-refractivity contribution in [2.45, 2.75) is 70.3 Å². The third kappa shape index (κ3) is 3.13. The van der Waals surface area contributed by atoms with E-state index < -0.39 is 0 Å². The Labute approximate surface area is 196 Å². The molecule has 3 heterocycles. The normalized spacial score (nSPS) is 19.7. The van der Waals surface area contributed by atoms with Crippen LogP contribution in [-0.4, -0.2) is 30.7 Å². The Morgan fingerprint density at radius 2 is 1.85 bits per heavy atom. The van der Waals surface area contributed by atoms with Gasteiger partial charge < -0.3 is 14.2 Å². The molecule has 3 aromatic rings. The number of hydrogen-bond donors (Lipinski definition) is 0. The average Bonchev–Trinajstić information content (AvgIpc) is 3.28. The Bertz CT molecular complexity index is 1250. The lowest BCUT2D eigenvalue weighted by Gasteiger charge is -2.29. The minimum atomic E-state index is -0.258. The van der Waals surface area contributed by atoms with Gasteiger partial charge in [0, 0.05) is 47.2 Å². The molecule has 0 N–H and O–H groups in total. The van der Waals surface area contributed by atoms with Gasteiger partial charge in [-0.05, 0) is 48.4 Å². The number of methoxy groups -OCH3 is 1. The predicted molar refractivity (Wildman–Crippen MR) is 134 cm³/mol. The molecule has 6 rings (SSSR count). The Balaban J connectivity index is 1.68. The van der Waals surface area contributed by atoms with Crippen LogP contribution in [0.15, 0.2) is 36.4 Å². The Kier molecular flexibility index (Phi) is 4.83. The maximum atomic E-state index is 12.4. The van der Waals surface area contributed by atoms with Crippen molar-refractivity contribution in [2.75, 3.05) is 25.1 Å². The fraction of sp³-hybridized carbons (Fsp3) is 0.483. The maximum Gasteiger partial charge on any atom is 0.337 e. The fourth-order valence-electron chi connectivity index (χ4n) is 6.82. The van der Waals surface area contributed by atoms with Crippen molar-refractivity contribution in [1.82, 2.24) is 4.57 Å². The van der Waals surface area contributed by atoms with Crippen LogP contribution < -0.4 is 4.90 Å². The molecule has 0 atom stereocenters. The van der Waals surface area contributed by atoms with Crippen molar-refractivity contribution in [3.63, 3.8) is 0 Å². The summed E-state index contributed by atoms with van der Waals surface area (Å²) in [5.74, 6) is 0.325. The molecule has 3 aliphatic rings. The number of benzene rings is 2. The SMILES string of the molecule is COC(=O)c1ccc2c(C3CCCCC3)c3n(c2c1)CCCN1CC(C)(C)c2cccc-3c21. The van der Waals surface area contributed by atoms with Crippen LogP contribution >= 0.6 is 0 Å². The minimum absolute atomic E-state index is 0.162. The standard InChI is InChI=1S/C29H34N2O2/c1-29(2)18-30-15-8-16-31-24-17-20(28(32)33-3)13-14-21(24)25(19-9-5-4-6-10-19)27(31)22-11-7-12-23(29)26(22)30/h7,11-14,17,19H,4-6,8-10,15-16,18H2,1-3H3. The molecule has 0 radical (unpaired) electrons. The zero-order valence-corrected chi connectivity index (χ0v) is 20.1. The molecule has 33 heavy (non-hydrogen) atoms. The quantitative estimate of drug-likeness (QED) is 0.417. The lowest BCUT2D eigenvalue weighted by atomic mass is 9.80. The van der Waals surface area contributed by atoms with E-state index in [1.807, 2.05) is 6.07 Å². The first kappa shape index (κ1) is 20.8. The van der Waals surface area contributed by atoms with Crippen LogP contribution in [0.1, 0.15) is 79.8 Å². The highest BCUT2D eigenvalue weighted by Gasteiger charge is 2.39.